The van der Waals surface area contributed by atoms with E-state index in [-0.39, 0.29) is 17.9 Å². The van der Waals surface area contributed by atoms with E-state index in [9.17, 15) is 9.59 Å². The van der Waals surface area contributed by atoms with Gasteiger partial charge in [0.25, 0.3) is 5.91 Å². The van der Waals surface area contributed by atoms with Crippen molar-refractivity contribution in [2.75, 3.05) is 13.1 Å². The van der Waals surface area contributed by atoms with Gasteiger partial charge in [0.1, 0.15) is 0 Å². The monoisotopic (exact) mass is 354 g/mol. The van der Waals surface area contributed by atoms with Gasteiger partial charge in [-0.3, -0.25) is 14.7 Å². The molecule has 1 fully saturated rings. The summed E-state index contributed by atoms with van der Waals surface area (Å²) in [5.74, 6) is 0.432. The van der Waals surface area contributed by atoms with Crippen LogP contribution in [0.15, 0.2) is 36.5 Å². The highest BCUT2D eigenvalue weighted by molar-refractivity contribution is 5.95. The molecule has 0 radical (unpaired) electrons. The first-order valence-corrected chi connectivity index (χ1v) is 9.18. The molecule has 0 spiro atoms. The Morgan fingerprint density at radius 3 is 2.58 bits per heavy atom. The van der Waals surface area contributed by atoms with Gasteiger partial charge in [-0.15, -0.1) is 0 Å². The molecule has 6 heteroatoms. The third-order valence-electron chi connectivity index (χ3n) is 5.11. The topological polar surface area (TPSA) is 78.1 Å². The fourth-order valence-corrected chi connectivity index (χ4v) is 3.46. The Kier molecular flexibility index (Phi) is 5.71. The van der Waals surface area contributed by atoms with Gasteiger partial charge < -0.3 is 10.2 Å². The van der Waals surface area contributed by atoms with E-state index in [1.165, 1.54) is 0 Å². The van der Waals surface area contributed by atoms with Gasteiger partial charge in [0, 0.05) is 25.2 Å². The molecule has 0 aliphatic carbocycles. The number of benzene rings is 1. The molecule has 0 unspecified atom stereocenters. The molecule has 138 valence electrons. The van der Waals surface area contributed by atoms with Gasteiger partial charge in [-0.2, -0.15) is 5.10 Å². The first kappa shape index (κ1) is 18.2. The predicted molar refractivity (Wildman–Crippen MR) is 99.6 cm³/mol. The molecule has 2 amide bonds. The van der Waals surface area contributed by atoms with Crippen LogP contribution in [0.2, 0.25) is 0 Å². The SMILES string of the molecule is Cc1[nH]ncc1C(=O)N1CCC(CC(=O)N[C@@H](C)c2ccccc2)CC1. The van der Waals surface area contributed by atoms with Crippen molar-refractivity contribution in [1.82, 2.24) is 20.4 Å². The molecule has 6 nitrogen and oxygen atoms in total. The standard InChI is InChI=1S/C20H26N4O2/c1-14(17-6-4-3-5-7-17)22-19(25)12-16-8-10-24(11-9-16)20(26)18-13-21-23-15(18)2/h3-7,13-14,16H,8-12H2,1-2H3,(H,21,23)(H,22,25)/t14-/m0/s1. The second-order valence-corrected chi connectivity index (χ2v) is 7.05. The molecule has 1 aromatic carbocycles. The Morgan fingerprint density at radius 2 is 1.96 bits per heavy atom. The second kappa shape index (κ2) is 8.17. The molecule has 1 aliphatic heterocycles. The average molecular weight is 354 g/mol. The number of aromatic nitrogens is 2. The summed E-state index contributed by atoms with van der Waals surface area (Å²) in [6.45, 7) is 5.23. The van der Waals surface area contributed by atoms with E-state index in [1.54, 1.807) is 6.20 Å². The van der Waals surface area contributed by atoms with Crippen molar-refractivity contribution in [3.8, 4) is 0 Å². The number of hydrogen-bond acceptors (Lipinski definition) is 3. The van der Waals surface area contributed by atoms with Crippen molar-refractivity contribution in [2.45, 2.75) is 39.2 Å². The number of H-pyrrole nitrogens is 1. The summed E-state index contributed by atoms with van der Waals surface area (Å²) < 4.78 is 0. The minimum Gasteiger partial charge on any atom is -0.350 e. The van der Waals surface area contributed by atoms with Crippen LogP contribution < -0.4 is 5.32 Å². The van der Waals surface area contributed by atoms with E-state index in [0.717, 1.165) is 24.1 Å². The molecule has 2 heterocycles. The number of carbonyl (C=O) groups is 2. The van der Waals surface area contributed by atoms with Gasteiger partial charge in [0.2, 0.25) is 5.91 Å². The molecule has 1 aliphatic rings. The Balaban J connectivity index is 1.46. The summed E-state index contributed by atoms with van der Waals surface area (Å²) in [5.41, 5.74) is 2.54. The molecular weight excluding hydrogens is 328 g/mol. The molecule has 2 N–H and O–H groups in total. The van der Waals surface area contributed by atoms with Gasteiger partial charge in [0.05, 0.1) is 17.8 Å². The van der Waals surface area contributed by atoms with Crippen LogP contribution in [0, 0.1) is 12.8 Å². The fraction of sp³-hybridized carbons (Fsp3) is 0.450. The van der Waals surface area contributed by atoms with E-state index >= 15 is 0 Å². The number of aryl methyl sites for hydroxylation is 1. The molecule has 1 aromatic heterocycles. The van der Waals surface area contributed by atoms with E-state index in [4.69, 9.17) is 0 Å². The Bertz CT molecular complexity index is 748. The summed E-state index contributed by atoms with van der Waals surface area (Å²) in [7, 11) is 0. The van der Waals surface area contributed by atoms with Crippen LogP contribution in [0.25, 0.3) is 0 Å². The van der Waals surface area contributed by atoms with Crippen LogP contribution in [0.1, 0.15) is 53.8 Å². The molecule has 3 rings (SSSR count). The van der Waals surface area contributed by atoms with Gasteiger partial charge in [-0.05, 0) is 38.2 Å². The number of nitrogens with one attached hydrogen (secondary N) is 2. The van der Waals surface area contributed by atoms with Crippen molar-refractivity contribution in [3.05, 3.63) is 53.3 Å². The van der Waals surface area contributed by atoms with Crippen LogP contribution in [0.5, 0.6) is 0 Å². The van der Waals surface area contributed by atoms with Crippen molar-refractivity contribution in [3.63, 3.8) is 0 Å². The van der Waals surface area contributed by atoms with Crippen LogP contribution >= 0.6 is 0 Å². The number of amides is 2. The Labute approximate surface area is 154 Å². The zero-order valence-corrected chi connectivity index (χ0v) is 15.4. The number of aromatic amines is 1. The molecule has 1 saturated heterocycles. The van der Waals surface area contributed by atoms with Crippen LogP contribution in [-0.2, 0) is 4.79 Å². The first-order valence-electron chi connectivity index (χ1n) is 9.18. The fourth-order valence-electron chi connectivity index (χ4n) is 3.46. The van der Waals surface area contributed by atoms with Crippen molar-refractivity contribution >= 4 is 11.8 Å². The van der Waals surface area contributed by atoms with Gasteiger partial charge in [-0.1, -0.05) is 30.3 Å². The smallest absolute Gasteiger partial charge is 0.257 e. The molecular formula is C20H26N4O2. The third-order valence-corrected chi connectivity index (χ3v) is 5.11. The van der Waals surface area contributed by atoms with E-state index in [0.29, 0.717) is 31.0 Å². The van der Waals surface area contributed by atoms with Crippen LogP contribution in [0.3, 0.4) is 0 Å². The molecule has 0 saturated carbocycles. The second-order valence-electron chi connectivity index (χ2n) is 7.05. The summed E-state index contributed by atoms with van der Waals surface area (Å²) in [4.78, 5) is 26.7. The summed E-state index contributed by atoms with van der Waals surface area (Å²) in [5, 5.41) is 9.80. The lowest BCUT2D eigenvalue weighted by Gasteiger charge is -2.32. The molecule has 2 aromatic rings. The Hall–Kier alpha value is -2.63. The highest BCUT2D eigenvalue weighted by Gasteiger charge is 2.26. The molecule has 0 bridgehead atoms. The summed E-state index contributed by atoms with van der Waals surface area (Å²) in [6.07, 6.45) is 3.82. The quantitative estimate of drug-likeness (QED) is 0.867. The maximum Gasteiger partial charge on any atom is 0.257 e. The highest BCUT2D eigenvalue weighted by atomic mass is 16.2. The van der Waals surface area contributed by atoms with Crippen molar-refractivity contribution in [2.24, 2.45) is 5.92 Å². The summed E-state index contributed by atoms with van der Waals surface area (Å²) in [6, 6.07) is 9.98. The lowest BCUT2D eigenvalue weighted by atomic mass is 9.92. The van der Waals surface area contributed by atoms with Crippen molar-refractivity contribution < 1.29 is 9.59 Å². The largest absolute Gasteiger partial charge is 0.350 e. The van der Waals surface area contributed by atoms with E-state index in [2.05, 4.69) is 15.5 Å². The first-order chi connectivity index (χ1) is 12.5. The number of rotatable bonds is 5. The minimum atomic E-state index is 0.00873. The summed E-state index contributed by atoms with van der Waals surface area (Å²) >= 11 is 0. The maximum atomic E-state index is 12.5. The third kappa shape index (κ3) is 4.31. The highest BCUT2D eigenvalue weighted by Crippen LogP contribution is 2.23. The number of likely N-dealkylation sites (tertiary alicyclic amines) is 1. The normalized spacial score (nSPS) is 16.3. The maximum absolute atomic E-state index is 12.5. The zero-order chi connectivity index (χ0) is 18.5. The average Bonchev–Trinajstić information content (AvgIpc) is 3.08. The minimum absolute atomic E-state index is 0.00873. The molecule has 26 heavy (non-hydrogen) atoms. The lowest BCUT2D eigenvalue weighted by molar-refractivity contribution is -0.122. The number of piperidine rings is 1. The van der Waals surface area contributed by atoms with Gasteiger partial charge in [-0.25, -0.2) is 0 Å². The van der Waals surface area contributed by atoms with Gasteiger partial charge in [0.15, 0.2) is 0 Å². The van der Waals surface area contributed by atoms with E-state index < -0.39 is 0 Å². The number of carbonyl (C=O) groups excluding carboxylic acids is 2. The van der Waals surface area contributed by atoms with Crippen LogP contribution in [0.4, 0.5) is 0 Å². The lowest BCUT2D eigenvalue weighted by Crippen LogP contribution is -2.40. The van der Waals surface area contributed by atoms with Crippen LogP contribution in [-0.4, -0.2) is 40.0 Å². The molecule has 1 atom stereocenters. The van der Waals surface area contributed by atoms with E-state index in [1.807, 2.05) is 49.1 Å². The Morgan fingerprint density at radius 1 is 1.27 bits per heavy atom. The van der Waals surface area contributed by atoms with Gasteiger partial charge >= 0.3 is 0 Å². The predicted octanol–water partition coefficient (Wildman–Crippen LogP) is 2.84. The van der Waals surface area contributed by atoms with Crippen molar-refractivity contribution in [1.29, 1.82) is 0 Å². The zero-order valence-electron chi connectivity index (χ0n) is 15.4. The number of nitrogens with zero attached hydrogens (tertiary/aromatic N) is 2. The number of hydrogen-bond donors (Lipinski definition) is 2.